The van der Waals surface area contributed by atoms with Crippen molar-refractivity contribution in [1.82, 2.24) is 23.7 Å². The molecule has 0 spiro atoms. The predicted molar refractivity (Wildman–Crippen MR) is 147 cm³/mol. The van der Waals surface area contributed by atoms with E-state index >= 15 is 0 Å². The number of rotatable bonds is 4. The van der Waals surface area contributed by atoms with Gasteiger partial charge in [0, 0.05) is 31.9 Å². The van der Waals surface area contributed by atoms with Crippen molar-refractivity contribution < 1.29 is 0 Å². The van der Waals surface area contributed by atoms with Gasteiger partial charge in [-0.2, -0.15) is 4.98 Å². The Morgan fingerprint density at radius 1 is 1.16 bits per heavy atom. The molecule has 3 aliphatic rings. The molecule has 0 amide bonds. The van der Waals surface area contributed by atoms with E-state index in [9.17, 15) is 9.59 Å². The lowest BCUT2D eigenvalue weighted by atomic mass is 9.92. The molecule has 1 saturated heterocycles. The molecule has 3 aromatic heterocycles. The van der Waals surface area contributed by atoms with Crippen molar-refractivity contribution in [1.29, 1.82) is 0 Å². The molecule has 1 aliphatic heterocycles. The van der Waals surface area contributed by atoms with Gasteiger partial charge in [0.05, 0.1) is 24.0 Å². The van der Waals surface area contributed by atoms with Gasteiger partial charge in [-0.3, -0.25) is 23.5 Å². The van der Waals surface area contributed by atoms with E-state index in [2.05, 4.69) is 28.2 Å². The molecule has 38 heavy (non-hydrogen) atoms. The van der Waals surface area contributed by atoms with Gasteiger partial charge in [0.1, 0.15) is 0 Å². The highest BCUT2D eigenvalue weighted by atomic mass is 16.2. The van der Waals surface area contributed by atoms with Crippen LogP contribution in [0.2, 0.25) is 0 Å². The molecule has 0 bridgehead atoms. The fraction of sp³-hybridized carbons (Fsp3) is 0.448. The van der Waals surface area contributed by atoms with Gasteiger partial charge in [0.15, 0.2) is 11.2 Å². The Hall–Kier alpha value is -4.08. The largest absolute Gasteiger partial charge is 0.341 e. The van der Waals surface area contributed by atoms with Crippen LogP contribution < -0.4 is 32.3 Å². The highest BCUT2D eigenvalue weighted by molar-refractivity contribution is 5.75. The van der Waals surface area contributed by atoms with Crippen LogP contribution in [0.15, 0.2) is 21.4 Å². The minimum atomic E-state index is -0.428. The smallest absolute Gasteiger partial charge is 0.332 e. The number of imidazole rings is 1. The summed E-state index contributed by atoms with van der Waals surface area (Å²) >= 11 is 0. The van der Waals surface area contributed by atoms with Crippen molar-refractivity contribution in [3.8, 4) is 11.8 Å². The molecule has 0 saturated carbocycles. The molecular weight excluding hydrogens is 478 g/mol. The number of anilines is 1. The quantitative estimate of drug-likeness (QED) is 0.394. The molecule has 1 atom stereocenters. The van der Waals surface area contributed by atoms with Gasteiger partial charge < -0.3 is 10.6 Å². The Bertz CT molecular complexity index is 1850. The average Bonchev–Trinajstić information content (AvgIpc) is 3.33. The molecule has 1 fully saturated rings. The Morgan fingerprint density at radius 2 is 2.00 bits per heavy atom. The van der Waals surface area contributed by atoms with Gasteiger partial charge in [-0.25, -0.2) is 4.79 Å². The third-order valence-electron chi connectivity index (χ3n) is 7.80. The van der Waals surface area contributed by atoms with Crippen LogP contribution in [0.3, 0.4) is 0 Å². The van der Waals surface area contributed by atoms with E-state index in [1.54, 1.807) is 14.0 Å². The summed E-state index contributed by atoms with van der Waals surface area (Å²) in [4.78, 5) is 39.4. The third-order valence-corrected chi connectivity index (χ3v) is 7.80. The standard InChI is InChI=1S/C29H31N7O2/c1-3-4-16-35-25-26(32-28(35)34-15-9-10-19(30)17-34)33(2)29(38)36(27(25)37)18-24-22-13-6-5-11-20(22)21-12-7-8-14-23(21)31-24/h5,11,19H,7-10,12,14-18,30H2,1-2H3. The Labute approximate surface area is 219 Å². The molecule has 2 aliphatic carbocycles. The zero-order chi connectivity index (χ0) is 26.4. The maximum absolute atomic E-state index is 14.0. The van der Waals surface area contributed by atoms with Gasteiger partial charge in [0.25, 0.3) is 5.56 Å². The fourth-order valence-electron chi connectivity index (χ4n) is 5.89. The van der Waals surface area contributed by atoms with E-state index in [-0.39, 0.29) is 12.6 Å². The minimum absolute atomic E-state index is 0.0335. The Morgan fingerprint density at radius 3 is 2.82 bits per heavy atom. The van der Waals surface area contributed by atoms with Crippen molar-refractivity contribution in [2.75, 3.05) is 18.0 Å². The van der Waals surface area contributed by atoms with Crippen LogP contribution in [0.5, 0.6) is 0 Å². The Kier molecular flexibility index (Phi) is 6.17. The summed E-state index contributed by atoms with van der Waals surface area (Å²) in [5.41, 5.74) is 15.3. The van der Waals surface area contributed by atoms with E-state index in [0.29, 0.717) is 35.9 Å². The van der Waals surface area contributed by atoms with E-state index in [1.807, 2.05) is 16.7 Å². The number of aromatic nitrogens is 5. The molecule has 1 unspecified atom stereocenters. The number of fused-ring (bicyclic) bond motifs is 4. The van der Waals surface area contributed by atoms with Crippen molar-refractivity contribution in [2.24, 2.45) is 12.8 Å². The first-order valence-electron chi connectivity index (χ1n) is 13.3. The number of nitrogens with zero attached hydrogens (tertiary/aromatic N) is 6. The van der Waals surface area contributed by atoms with E-state index in [4.69, 9.17) is 15.7 Å². The molecular formula is C29H31N7O2. The second-order valence-corrected chi connectivity index (χ2v) is 10.3. The fourth-order valence-corrected chi connectivity index (χ4v) is 5.89. The van der Waals surface area contributed by atoms with Crippen molar-refractivity contribution in [3.63, 3.8) is 0 Å². The third kappa shape index (κ3) is 3.95. The predicted octanol–water partition coefficient (Wildman–Crippen LogP) is 0.0544. The van der Waals surface area contributed by atoms with Gasteiger partial charge in [-0.15, -0.1) is 5.92 Å². The summed E-state index contributed by atoms with van der Waals surface area (Å²) in [5.74, 6) is 6.63. The van der Waals surface area contributed by atoms with Crippen LogP contribution in [0, 0.1) is 11.8 Å². The maximum atomic E-state index is 14.0. The number of pyridine rings is 1. The number of allylic oxidation sites excluding steroid dienone is 1. The molecule has 9 nitrogen and oxygen atoms in total. The first kappa shape index (κ1) is 24.3. The average molecular weight is 510 g/mol. The van der Waals surface area contributed by atoms with Gasteiger partial charge in [-0.05, 0) is 68.4 Å². The maximum Gasteiger partial charge on any atom is 0.332 e. The lowest BCUT2D eigenvalue weighted by Gasteiger charge is -2.31. The van der Waals surface area contributed by atoms with Crippen LogP contribution in [0.4, 0.5) is 5.95 Å². The second-order valence-electron chi connectivity index (χ2n) is 10.3. The topological polar surface area (TPSA) is 104 Å². The lowest BCUT2D eigenvalue weighted by Crippen LogP contribution is -2.44. The normalized spacial score (nSPS) is 17.9. The first-order chi connectivity index (χ1) is 18.5. The van der Waals surface area contributed by atoms with Crippen molar-refractivity contribution >= 4 is 28.9 Å². The van der Waals surface area contributed by atoms with Crippen LogP contribution in [0.25, 0.3) is 23.0 Å². The molecule has 3 aromatic rings. The Balaban J connectivity index is 1.56. The summed E-state index contributed by atoms with van der Waals surface area (Å²) in [6.45, 7) is 3.54. The molecule has 4 heterocycles. The molecule has 6 rings (SSSR count). The molecule has 2 N–H and O–H groups in total. The lowest BCUT2D eigenvalue weighted by molar-refractivity contribution is 0.496. The summed E-state index contributed by atoms with van der Waals surface area (Å²) in [6.07, 6.45) is 9.89. The van der Waals surface area contributed by atoms with Crippen molar-refractivity contribution in [3.05, 3.63) is 60.0 Å². The van der Waals surface area contributed by atoms with Gasteiger partial charge >= 0.3 is 5.69 Å². The van der Waals surface area contributed by atoms with Crippen LogP contribution in [-0.2, 0) is 33.0 Å². The minimum Gasteiger partial charge on any atom is -0.341 e. The van der Waals surface area contributed by atoms with Crippen LogP contribution >= 0.6 is 0 Å². The molecule has 9 heteroatoms. The zero-order valence-electron chi connectivity index (χ0n) is 21.9. The zero-order valence-corrected chi connectivity index (χ0v) is 21.9. The number of hydrogen-bond acceptors (Lipinski definition) is 6. The van der Waals surface area contributed by atoms with E-state index in [1.165, 1.54) is 14.7 Å². The van der Waals surface area contributed by atoms with Gasteiger partial charge in [-0.1, -0.05) is 17.4 Å². The second kappa shape index (κ2) is 9.66. The highest BCUT2D eigenvalue weighted by Gasteiger charge is 2.26. The number of hydrogen-bond donors (Lipinski definition) is 1. The monoisotopic (exact) mass is 509 g/mol. The number of aryl methyl sites for hydroxylation is 2. The molecule has 0 aromatic carbocycles. The first-order valence-corrected chi connectivity index (χ1v) is 13.3. The number of piperidine rings is 1. The van der Waals surface area contributed by atoms with Crippen LogP contribution in [0.1, 0.15) is 49.6 Å². The van der Waals surface area contributed by atoms with Crippen LogP contribution in [-0.4, -0.2) is 42.8 Å². The summed E-state index contributed by atoms with van der Waals surface area (Å²) < 4.78 is 4.56. The van der Waals surface area contributed by atoms with Gasteiger partial charge in [0.2, 0.25) is 5.95 Å². The summed E-state index contributed by atoms with van der Waals surface area (Å²) in [7, 11) is 1.66. The summed E-state index contributed by atoms with van der Waals surface area (Å²) in [6, 6.07) is 0.0335. The van der Waals surface area contributed by atoms with E-state index in [0.717, 1.165) is 61.2 Å². The van der Waals surface area contributed by atoms with E-state index < -0.39 is 11.2 Å². The highest BCUT2D eigenvalue weighted by Crippen LogP contribution is 2.23. The summed E-state index contributed by atoms with van der Waals surface area (Å²) in [5, 5.41) is 1.90. The number of nitrogens with two attached hydrogens (primary N) is 1. The molecule has 0 radical (unpaired) electrons. The molecule has 194 valence electrons. The SMILES string of the molecule is CC#CCn1c(N2CCCC(N)C2)nc2c1c(=O)n(Cc1nc3c(c4c1=C=C=CC=4)CCCC3)c(=O)n2C. The van der Waals surface area contributed by atoms with Crippen molar-refractivity contribution in [2.45, 2.75) is 64.6 Å².